The summed E-state index contributed by atoms with van der Waals surface area (Å²) in [5, 5.41) is 1.13. The number of benzene rings is 2. The fourth-order valence-corrected chi connectivity index (χ4v) is 6.06. The minimum atomic E-state index is -0.490. The summed E-state index contributed by atoms with van der Waals surface area (Å²) >= 11 is 0. The highest BCUT2D eigenvalue weighted by Crippen LogP contribution is 2.42. The van der Waals surface area contributed by atoms with Crippen molar-refractivity contribution in [2.75, 3.05) is 20.2 Å². The van der Waals surface area contributed by atoms with E-state index in [4.69, 9.17) is 4.74 Å². The summed E-state index contributed by atoms with van der Waals surface area (Å²) < 4.78 is 5.36. The quantitative estimate of drug-likeness (QED) is 0.549. The van der Waals surface area contributed by atoms with Crippen molar-refractivity contribution in [3.8, 4) is 5.75 Å². The Labute approximate surface area is 205 Å². The van der Waals surface area contributed by atoms with E-state index in [0.29, 0.717) is 13.0 Å². The molecule has 1 unspecified atom stereocenters. The van der Waals surface area contributed by atoms with Crippen molar-refractivity contribution in [1.29, 1.82) is 0 Å². The summed E-state index contributed by atoms with van der Waals surface area (Å²) in [6, 6.07) is 15.2. The number of aromatic amines is 1. The first-order valence-electron chi connectivity index (χ1n) is 12.7. The van der Waals surface area contributed by atoms with Crippen LogP contribution in [0.15, 0.2) is 60.2 Å². The number of amides is 2. The lowest BCUT2D eigenvalue weighted by atomic mass is 9.86. The Morgan fingerprint density at radius 2 is 1.89 bits per heavy atom. The number of hydrogen-bond donors (Lipinski definition) is 1. The van der Waals surface area contributed by atoms with Crippen molar-refractivity contribution < 1.29 is 14.3 Å². The van der Waals surface area contributed by atoms with Crippen LogP contribution in [0.4, 0.5) is 0 Å². The van der Waals surface area contributed by atoms with Gasteiger partial charge in [-0.2, -0.15) is 0 Å². The monoisotopic (exact) mass is 469 g/mol. The molecule has 1 N–H and O–H groups in total. The molecule has 6 heteroatoms. The lowest BCUT2D eigenvalue weighted by Crippen LogP contribution is -2.63. The van der Waals surface area contributed by atoms with E-state index in [-0.39, 0.29) is 24.4 Å². The molecule has 3 aliphatic rings. The van der Waals surface area contributed by atoms with Crippen molar-refractivity contribution in [3.63, 3.8) is 0 Å². The molecule has 1 aromatic heterocycles. The highest BCUT2D eigenvalue weighted by molar-refractivity contribution is 5.97. The molecule has 3 aromatic rings. The van der Waals surface area contributed by atoms with E-state index in [1.165, 1.54) is 18.4 Å². The van der Waals surface area contributed by atoms with Crippen LogP contribution in [-0.4, -0.2) is 52.8 Å². The van der Waals surface area contributed by atoms with Crippen LogP contribution in [0.25, 0.3) is 10.9 Å². The number of H-pyrrole nitrogens is 1. The number of allylic oxidation sites excluding steroid dienone is 1. The first kappa shape index (κ1) is 22.0. The molecule has 3 heterocycles. The number of ether oxygens (including phenoxy) is 1. The van der Waals surface area contributed by atoms with Gasteiger partial charge in [0.15, 0.2) is 0 Å². The molecule has 1 fully saturated rings. The lowest BCUT2D eigenvalue weighted by Gasteiger charge is -2.47. The van der Waals surface area contributed by atoms with Gasteiger partial charge in [-0.1, -0.05) is 42.0 Å². The summed E-state index contributed by atoms with van der Waals surface area (Å²) in [7, 11) is 1.65. The molecule has 1 saturated heterocycles. The molecule has 6 rings (SSSR count). The highest BCUT2D eigenvalue weighted by Gasteiger charge is 2.48. The van der Waals surface area contributed by atoms with Crippen LogP contribution in [0, 0.1) is 0 Å². The Morgan fingerprint density at radius 3 is 2.66 bits per heavy atom. The van der Waals surface area contributed by atoms with E-state index in [0.717, 1.165) is 52.7 Å². The molecule has 2 amide bonds. The van der Waals surface area contributed by atoms with E-state index in [1.54, 1.807) is 12.0 Å². The number of nitrogens with zero attached hydrogens (tertiary/aromatic N) is 2. The van der Waals surface area contributed by atoms with E-state index in [9.17, 15) is 9.59 Å². The largest absolute Gasteiger partial charge is 0.497 e. The van der Waals surface area contributed by atoms with Crippen LogP contribution < -0.4 is 4.74 Å². The molecule has 1 aliphatic carbocycles. The van der Waals surface area contributed by atoms with Crippen LogP contribution in [0.2, 0.25) is 0 Å². The van der Waals surface area contributed by atoms with Gasteiger partial charge in [-0.15, -0.1) is 0 Å². The Kier molecular flexibility index (Phi) is 5.59. The number of methoxy groups -OCH3 is 1. The number of nitrogens with one attached hydrogen (secondary N) is 1. The molecular formula is C29H31N3O3. The number of rotatable bonds is 5. The topological polar surface area (TPSA) is 65.6 Å². The van der Waals surface area contributed by atoms with Crippen LogP contribution in [0.3, 0.4) is 0 Å². The SMILES string of the molecule is COc1ccc(C2c3[nH]c4ccccc4c3C[C@H]3C(=O)N(CCC4=CCCCC4)CC(=O)N23)cc1. The number of para-hydroxylation sites is 1. The molecular weight excluding hydrogens is 438 g/mol. The van der Waals surface area contributed by atoms with Gasteiger partial charge in [0.2, 0.25) is 11.8 Å². The van der Waals surface area contributed by atoms with Crippen molar-refractivity contribution in [2.24, 2.45) is 0 Å². The predicted octanol–water partition coefficient (Wildman–Crippen LogP) is 4.75. The van der Waals surface area contributed by atoms with Gasteiger partial charge in [-0.05, 0) is 61.4 Å². The Bertz CT molecular complexity index is 1310. The fourth-order valence-electron chi connectivity index (χ4n) is 6.06. The third-order valence-electron chi connectivity index (χ3n) is 7.86. The zero-order valence-electron chi connectivity index (χ0n) is 20.1. The number of carbonyl (C=O) groups is 2. The van der Waals surface area contributed by atoms with Crippen LogP contribution >= 0.6 is 0 Å². The summed E-state index contributed by atoms with van der Waals surface area (Å²) in [5.41, 5.74) is 5.59. The predicted molar refractivity (Wildman–Crippen MR) is 135 cm³/mol. The van der Waals surface area contributed by atoms with Crippen molar-refractivity contribution in [3.05, 3.63) is 77.0 Å². The Hall–Kier alpha value is -3.54. The van der Waals surface area contributed by atoms with Gasteiger partial charge in [0, 0.05) is 29.6 Å². The van der Waals surface area contributed by atoms with Gasteiger partial charge >= 0.3 is 0 Å². The number of aromatic nitrogens is 1. The molecule has 0 bridgehead atoms. The van der Waals surface area contributed by atoms with E-state index < -0.39 is 6.04 Å². The smallest absolute Gasteiger partial charge is 0.246 e. The maximum absolute atomic E-state index is 13.8. The fraction of sp³-hybridized carbons (Fsp3) is 0.379. The summed E-state index contributed by atoms with van der Waals surface area (Å²) in [5.74, 6) is 0.843. The first-order chi connectivity index (χ1) is 17.1. The van der Waals surface area contributed by atoms with Gasteiger partial charge in [-0.3, -0.25) is 9.59 Å². The number of carbonyl (C=O) groups excluding carboxylic acids is 2. The maximum Gasteiger partial charge on any atom is 0.246 e. The van der Waals surface area contributed by atoms with Crippen LogP contribution in [0.1, 0.15) is 55.0 Å². The zero-order valence-corrected chi connectivity index (χ0v) is 20.1. The van der Waals surface area contributed by atoms with E-state index >= 15 is 0 Å². The molecule has 35 heavy (non-hydrogen) atoms. The molecule has 2 atom stereocenters. The van der Waals surface area contributed by atoms with Gasteiger partial charge < -0.3 is 19.5 Å². The summed E-state index contributed by atoms with van der Waals surface area (Å²) in [6.07, 6.45) is 8.45. The zero-order chi connectivity index (χ0) is 23.9. The highest BCUT2D eigenvalue weighted by atomic mass is 16.5. The maximum atomic E-state index is 13.8. The van der Waals surface area contributed by atoms with E-state index in [1.807, 2.05) is 41.3 Å². The summed E-state index contributed by atoms with van der Waals surface area (Å²) in [6.45, 7) is 0.763. The summed E-state index contributed by atoms with van der Waals surface area (Å²) in [4.78, 5) is 34.7. The molecule has 0 radical (unpaired) electrons. The van der Waals surface area contributed by atoms with Gasteiger partial charge in [0.25, 0.3) is 0 Å². The van der Waals surface area contributed by atoms with Crippen LogP contribution in [0.5, 0.6) is 5.75 Å². The second-order valence-corrected chi connectivity index (χ2v) is 9.88. The molecule has 2 aromatic carbocycles. The minimum Gasteiger partial charge on any atom is -0.497 e. The Morgan fingerprint density at radius 1 is 1.06 bits per heavy atom. The number of hydrogen-bond acceptors (Lipinski definition) is 3. The molecule has 180 valence electrons. The average molecular weight is 470 g/mol. The molecule has 2 aliphatic heterocycles. The number of piperazine rings is 1. The van der Waals surface area contributed by atoms with Crippen molar-refractivity contribution >= 4 is 22.7 Å². The molecule has 6 nitrogen and oxygen atoms in total. The minimum absolute atomic E-state index is 0.0114. The van der Waals surface area contributed by atoms with E-state index in [2.05, 4.69) is 23.2 Å². The molecule has 0 spiro atoms. The van der Waals surface area contributed by atoms with Crippen LogP contribution in [-0.2, 0) is 16.0 Å². The normalized spacial score (nSPS) is 22.1. The first-order valence-corrected chi connectivity index (χ1v) is 12.7. The van der Waals surface area contributed by atoms with Gasteiger partial charge in [-0.25, -0.2) is 0 Å². The van der Waals surface area contributed by atoms with Crippen molar-refractivity contribution in [1.82, 2.24) is 14.8 Å². The van der Waals surface area contributed by atoms with Gasteiger partial charge in [0.05, 0.1) is 19.7 Å². The standard InChI is InChI=1S/C29H31N3O3/c1-35-21-13-11-20(12-14-21)28-27-23(22-9-5-6-10-24(22)30-27)17-25-29(34)31(18-26(33)32(25)28)16-15-19-7-3-2-4-8-19/h5-7,9-14,25,28,30H,2-4,8,15-18H2,1H3/t25-,28?/m0/s1. The van der Waals surface area contributed by atoms with Gasteiger partial charge in [0.1, 0.15) is 11.8 Å². The lowest BCUT2D eigenvalue weighted by molar-refractivity contribution is -0.158. The number of fused-ring (bicyclic) bond motifs is 4. The second-order valence-electron chi connectivity index (χ2n) is 9.88. The van der Waals surface area contributed by atoms with Crippen molar-refractivity contribution in [2.45, 2.75) is 50.6 Å². The second kappa shape index (κ2) is 8.91. The average Bonchev–Trinajstić information content (AvgIpc) is 3.28. The molecule has 0 saturated carbocycles. The third-order valence-corrected chi connectivity index (χ3v) is 7.86. The Balaban J connectivity index is 1.38. The third kappa shape index (κ3) is 3.81.